The van der Waals surface area contributed by atoms with Gasteiger partial charge in [-0.15, -0.1) is 10.2 Å². The van der Waals surface area contributed by atoms with Gasteiger partial charge in [0.25, 0.3) is 5.91 Å². The van der Waals surface area contributed by atoms with Gasteiger partial charge in [0.15, 0.2) is 10.3 Å². The predicted molar refractivity (Wildman–Crippen MR) is 76.5 cm³/mol. The molecule has 0 spiro atoms. The number of aromatic nitrogens is 2. The third-order valence-electron chi connectivity index (χ3n) is 2.43. The Labute approximate surface area is 132 Å². The zero-order valence-electron chi connectivity index (χ0n) is 11.6. The second-order valence-electron chi connectivity index (χ2n) is 3.90. The molecule has 21 heavy (non-hydrogen) atoms. The maximum atomic E-state index is 12.4. The van der Waals surface area contributed by atoms with Crippen molar-refractivity contribution in [3.05, 3.63) is 21.9 Å². The van der Waals surface area contributed by atoms with Gasteiger partial charge in [-0.05, 0) is 13.0 Å². The summed E-state index contributed by atoms with van der Waals surface area (Å²) < 4.78 is 9.75. The van der Waals surface area contributed by atoms with Gasteiger partial charge in [-0.2, -0.15) is 0 Å². The van der Waals surface area contributed by atoms with Crippen LogP contribution < -0.4 is 0 Å². The number of ether oxygens (including phenoxy) is 2. The fourth-order valence-corrected chi connectivity index (χ4v) is 1.81. The molecule has 7 nitrogen and oxygen atoms in total. The van der Waals surface area contributed by atoms with Crippen LogP contribution in [0.1, 0.15) is 17.3 Å². The molecule has 0 saturated carbocycles. The fourth-order valence-electron chi connectivity index (χ4n) is 1.49. The van der Waals surface area contributed by atoms with E-state index < -0.39 is 11.9 Å². The van der Waals surface area contributed by atoms with Gasteiger partial charge in [-0.25, -0.2) is 0 Å². The molecule has 1 rings (SSSR count). The molecule has 0 aliphatic heterocycles. The number of hydrogen-bond donors (Lipinski definition) is 0. The first-order valence-corrected chi connectivity index (χ1v) is 6.87. The molecule has 1 aromatic rings. The molecule has 116 valence electrons. The van der Waals surface area contributed by atoms with E-state index in [0.717, 1.165) is 0 Å². The number of amides is 1. The quantitative estimate of drug-likeness (QED) is 0.701. The minimum Gasteiger partial charge on any atom is -0.465 e. The van der Waals surface area contributed by atoms with E-state index >= 15 is 0 Å². The minimum atomic E-state index is -0.522. The van der Waals surface area contributed by atoms with E-state index in [4.69, 9.17) is 32.7 Å². The lowest BCUT2D eigenvalue weighted by molar-refractivity contribution is -0.143. The molecule has 0 radical (unpaired) electrons. The van der Waals surface area contributed by atoms with Gasteiger partial charge in [0.1, 0.15) is 6.54 Å². The van der Waals surface area contributed by atoms with Gasteiger partial charge in [-0.3, -0.25) is 9.59 Å². The summed E-state index contributed by atoms with van der Waals surface area (Å²) in [5, 5.41) is 7.04. The number of esters is 1. The third-order valence-corrected chi connectivity index (χ3v) is 2.89. The van der Waals surface area contributed by atoms with Crippen LogP contribution in [0.5, 0.6) is 0 Å². The van der Waals surface area contributed by atoms with Gasteiger partial charge in [0.05, 0.1) is 18.8 Å². The number of methoxy groups -OCH3 is 1. The number of nitrogens with zero attached hydrogens (tertiary/aromatic N) is 3. The molecule has 1 amide bonds. The lowest BCUT2D eigenvalue weighted by atomic mass is 10.2. The Hall–Kier alpha value is -1.44. The maximum absolute atomic E-state index is 12.4. The molecule has 1 heterocycles. The third kappa shape index (κ3) is 5.45. The first-order valence-electron chi connectivity index (χ1n) is 6.12. The average molecular weight is 336 g/mol. The van der Waals surface area contributed by atoms with Crippen LogP contribution in [0.15, 0.2) is 6.07 Å². The van der Waals surface area contributed by atoms with Crippen molar-refractivity contribution in [3.8, 4) is 0 Å². The molecule has 0 unspecified atom stereocenters. The van der Waals surface area contributed by atoms with E-state index in [9.17, 15) is 9.59 Å². The zero-order chi connectivity index (χ0) is 15.8. The summed E-state index contributed by atoms with van der Waals surface area (Å²) in [5.74, 6) is -1.02. The normalized spacial score (nSPS) is 10.3. The highest BCUT2D eigenvalue weighted by atomic mass is 35.5. The molecule has 0 aliphatic rings. The lowest BCUT2D eigenvalue weighted by Crippen LogP contribution is -2.39. The van der Waals surface area contributed by atoms with E-state index in [1.807, 2.05) is 0 Å². The number of carbonyl (C=O) groups excluding carboxylic acids is 2. The van der Waals surface area contributed by atoms with Crippen LogP contribution in [0.2, 0.25) is 10.3 Å². The van der Waals surface area contributed by atoms with Crippen LogP contribution in [0.25, 0.3) is 0 Å². The van der Waals surface area contributed by atoms with Crippen LogP contribution in [0.4, 0.5) is 0 Å². The van der Waals surface area contributed by atoms with Crippen molar-refractivity contribution in [1.82, 2.24) is 15.1 Å². The highest BCUT2D eigenvalue weighted by molar-refractivity contribution is 6.34. The van der Waals surface area contributed by atoms with Crippen LogP contribution in [0, 0.1) is 0 Å². The second-order valence-corrected chi connectivity index (χ2v) is 4.64. The van der Waals surface area contributed by atoms with Crippen LogP contribution in [0.3, 0.4) is 0 Å². The summed E-state index contributed by atoms with van der Waals surface area (Å²) in [6, 6.07) is 1.30. The number of halogens is 2. The van der Waals surface area contributed by atoms with Gasteiger partial charge in [0.2, 0.25) is 0 Å². The summed E-state index contributed by atoms with van der Waals surface area (Å²) >= 11 is 11.5. The Kier molecular flexibility index (Phi) is 7.35. The largest absolute Gasteiger partial charge is 0.465 e. The predicted octanol–water partition coefficient (Wildman–Crippen LogP) is 1.44. The first-order chi connectivity index (χ1) is 9.99. The standard InChI is InChI=1S/C12H15Cl2N3O4/c1-3-21-10(18)7-17(4-5-20-2)12(19)8-6-9(13)15-16-11(8)14/h6H,3-5,7H2,1-2H3. The van der Waals surface area contributed by atoms with Crippen molar-refractivity contribution in [1.29, 1.82) is 0 Å². The Bertz CT molecular complexity index is 513. The number of rotatable bonds is 7. The summed E-state index contributed by atoms with van der Waals surface area (Å²) in [7, 11) is 1.49. The SMILES string of the molecule is CCOC(=O)CN(CCOC)C(=O)c1cc(Cl)nnc1Cl. The highest BCUT2D eigenvalue weighted by Gasteiger charge is 2.22. The molecular weight excluding hydrogens is 321 g/mol. The molecule has 0 N–H and O–H groups in total. The van der Waals surface area contributed by atoms with Crippen molar-refractivity contribution in [2.24, 2.45) is 0 Å². The van der Waals surface area contributed by atoms with Gasteiger partial charge < -0.3 is 14.4 Å². The van der Waals surface area contributed by atoms with Crippen LogP contribution >= 0.6 is 23.2 Å². The van der Waals surface area contributed by atoms with E-state index in [0.29, 0.717) is 0 Å². The minimum absolute atomic E-state index is 0.0329. The first kappa shape index (κ1) is 17.6. The van der Waals surface area contributed by atoms with Crippen molar-refractivity contribution in [2.45, 2.75) is 6.92 Å². The molecule has 9 heteroatoms. The van der Waals surface area contributed by atoms with Crippen LogP contribution in [-0.4, -0.2) is 60.4 Å². The molecule has 1 aromatic heterocycles. The summed E-state index contributed by atoms with van der Waals surface area (Å²) in [6.45, 7) is 2.16. The number of hydrogen-bond acceptors (Lipinski definition) is 6. The second kappa shape index (κ2) is 8.76. The number of carbonyl (C=O) groups is 2. The molecular formula is C12H15Cl2N3O4. The van der Waals surface area contributed by atoms with Gasteiger partial charge in [-0.1, -0.05) is 23.2 Å². The van der Waals surface area contributed by atoms with Crippen molar-refractivity contribution < 1.29 is 19.1 Å². The average Bonchev–Trinajstić information content (AvgIpc) is 2.45. The van der Waals surface area contributed by atoms with Crippen LogP contribution in [-0.2, 0) is 14.3 Å². The zero-order valence-corrected chi connectivity index (χ0v) is 13.1. The molecule has 0 aromatic carbocycles. The highest BCUT2D eigenvalue weighted by Crippen LogP contribution is 2.17. The topological polar surface area (TPSA) is 81.6 Å². The van der Waals surface area contributed by atoms with E-state index in [2.05, 4.69) is 10.2 Å². The Balaban J connectivity index is 2.92. The monoisotopic (exact) mass is 335 g/mol. The fraction of sp³-hybridized carbons (Fsp3) is 0.500. The molecule has 0 fully saturated rings. The Morgan fingerprint density at radius 2 is 2.05 bits per heavy atom. The molecule has 0 bridgehead atoms. The summed E-state index contributed by atoms with van der Waals surface area (Å²) in [5.41, 5.74) is 0.0667. The van der Waals surface area contributed by atoms with Crippen molar-refractivity contribution in [3.63, 3.8) is 0 Å². The van der Waals surface area contributed by atoms with E-state index in [1.165, 1.54) is 18.1 Å². The Morgan fingerprint density at radius 1 is 1.33 bits per heavy atom. The van der Waals surface area contributed by atoms with Gasteiger partial charge in [0, 0.05) is 13.7 Å². The smallest absolute Gasteiger partial charge is 0.325 e. The van der Waals surface area contributed by atoms with Gasteiger partial charge >= 0.3 is 5.97 Å². The van der Waals surface area contributed by atoms with E-state index in [1.54, 1.807) is 6.92 Å². The molecule has 0 saturated heterocycles. The van der Waals surface area contributed by atoms with Crippen molar-refractivity contribution >= 4 is 35.1 Å². The Morgan fingerprint density at radius 3 is 2.67 bits per heavy atom. The van der Waals surface area contributed by atoms with Crippen molar-refractivity contribution in [2.75, 3.05) is 33.4 Å². The maximum Gasteiger partial charge on any atom is 0.325 e. The molecule has 0 atom stereocenters. The lowest BCUT2D eigenvalue weighted by Gasteiger charge is -2.21. The molecule has 0 aliphatic carbocycles. The summed E-state index contributed by atoms with van der Waals surface area (Å²) in [6.07, 6.45) is 0. The summed E-state index contributed by atoms with van der Waals surface area (Å²) in [4.78, 5) is 25.2. The van der Waals surface area contributed by atoms with E-state index in [-0.39, 0.29) is 42.2 Å².